The van der Waals surface area contributed by atoms with Crippen LogP contribution in [0.15, 0.2) is 54.6 Å². The Bertz CT molecular complexity index is 555. The van der Waals surface area contributed by atoms with Gasteiger partial charge >= 0.3 is 0 Å². The predicted octanol–water partition coefficient (Wildman–Crippen LogP) is 2.43. The molecule has 0 spiro atoms. The Balaban J connectivity index is 2.17. The molecule has 0 aliphatic heterocycles. The molecule has 2 N–H and O–H groups in total. The SMILES string of the molecule is [2H]c1cc(CO)ccc1NC(=O)c1ccccc1. The third kappa shape index (κ3) is 2.92. The Morgan fingerprint density at radius 3 is 2.59 bits per heavy atom. The van der Waals surface area contributed by atoms with Gasteiger partial charge in [0, 0.05) is 11.3 Å². The predicted molar refractivity (Wildman–Crippen MR) is 66.8 cm³/mol. The smallest absolute Gasteiger partial charge is 0.255 e. The molecule has 0 aliphatic carbocycles. The number of benzene rings is 2. The first kappa shape index (κ1) is 10.1. The fourth-order valence-corrected chi connectivity index (χ4v) is 1.42. The number of amides is 1. The summed E-state index contributed by atoms with van der Waals surface area (Å²) in [6.07, 6.45) is 0. The molecule has 0 saturated heterocycles. The van der Waals surface area contributed by atoms with Crippen molar-refractivity contribution in [1.29, 1.82) is 0 Å². The van der Waals surface area contributed by atoms with Gasteiger partial charge in [-0.05, 0) is 29.8 Å². The monoisotopic (exact) mass is 228 g/mol. The Morgan fingerprint density at radius 1 is 1.18 bits per heavy atom. The molecule has 2 rings (SSSR count). The maximum Gasteiger partial charge on any atom is 0.255 e. The molecule has 0 atom stereocenters. The number of aliphatic hydroxyl groups excluding tert-OH is 1. The van der Waals surface area contributed by atoms with Crippen molar-refractivity contribution in [2.45, 2.75) is 6.61 Å². The molecule has 0 aromatic heterocycles. The lowest BCUT2D eigenvalue weighted by Crippen LogP contribution is -2.11. The van der Waals surface area contributed by atoms with Gasteiger partial charge in [0.25, 0.3) is 5.91 Å². The van der Waals surface area contributed by atoms with Crippen LogP contribution in [0.4, 0.5) is 5.69 Å². The molecule has 2 aromatic rings. The van der Waals surface area contributed by atoms with Gasteiger partial charge in [-0.15, -0.1) is 0 Å². The average molecular weight is 228 g/mol. The van der Waals surface area contributed by atoms with Gasteiger partial charge in [0.05, 0.1) is 7.98 Å². The van der Waals surface area contributed by atoms with Crippen LogP contribution < -0.4 is 5.32 Å². The second-order valence-electron chi connectivity index (χ2n) is 3.59. The summed E-state index contributed by atoms with van der Waals surface area (Å²) >= 11 is 0. The molecule has 1 amide bonds. The lowest BCUT2D eigenvalue weighted by molar-refractivity contribution is 0.102. The van der Waals surface area contributed by atoms with Crippen molar-refractivity contribution in [1.82, 2.24) is 0 Å². The lowest BCUT2D eigenvalue weighted by atomic mass is 10.2. The van der Waals surface area contributed by atoms with Crippen molar-refractivity contribution < 1.29 is 11.3 Å². The molecular weight excluding hydrogens is 214 g/mol. The average Bonchev–Trinajstić information content (AvgIpc) is 2.42. The van der Waals surface area contributed by atoms with E-state index in [-0.39, 0.29) is 18.6 Å². The van der Waals surface area contributed by atoms with Crippen LogP contribution in [0, 0.1) is 0 Å². The molecule has 0 radical (unpaired) electrons. The quantitative estimate of drug-likeness (QED) is 0.847. The van der Waals surface area contributed by atoms with Crippen molar-refractivity contribution in [3.05, 3.63) is 65.7 Å². The molecule has 86 valence electrons. The minimum absolute atomic E-state index is 0.112. The molecule has 3 heteroatoms. The van der Waals surface area contributed by atoms with Crippen LogP contribution in [0.2, 0.25) is 0 Å². The Hall–Kier alpha value is -2.13. The summed E-state index contributed by atoms with van der Waals surface area (Å²) in [4.78, 5) is 11.9. The number of carbonyl (C=O) groups is 1. The first-order valence-electron chi connectivity index (χ1n) is 5.77. The third-order valence-electron chi connectivity index (χ3n) is 2.34. The molecule has 0 saturated carbocycles. The third-order valence-corrected chi connectivity index (χ3v) is 2.34. The molecule has 2 aromatic carbocycles. The first-order chi connectivity index (χ1) is 8.70. The van der Waals surface area contributed by atoms with Crippen LogP contribution in [0.25, 0.3) is 0 Å². The van der Waals surface area contributed by atoms with Gasteiger partial charge in [0.2, 0.25) is 0 Å². The fraction of sp³-hybridized carbons (Fsp3) is 0.0714. The maximum atomic E-state index is 11.9. The van der Waals surface area contributed by atoms with Gasteiger partial charge in [0.15, 0.2) is 0 Å². The highest BCUT2D eigenvalue weighted by Gasteiger charge is 2.04. The Kier molecular flexibility index (Phi) is 3.12. The largest absolute Gasteiger partial charge is 0.392 e. The highest BCUT2D eigenvalue weighted by atomic mass is 16.3. The van der Waals surface area contributed by atoms with Crippen LogP contribution >= 0.6 is 0 Å². The van der Waals surface area contributed by atoms with Crippen molar-refractivity contribution in [2.24, 2.45) is 0 Å². The minimum Gasteiger partial charge on any atom is -0.392 e. The summed E-state index contributed by atoms with van der Waals surface area (Å²) in [5.74, 6) is -0.249. The second-order valence-corrected chi connectivity index (χ2v) is 3.59. The van der Waals surface area contributed by atoms with Crippen molar-refractivity contribution in [2.75, 3.05) is 5.32 Å². The van der Waals surface area contributed by atoms with Gasteiger partial charge in [-0.25, -0.2) is 0 Å². The maximum absolute atomic E-state index is 11.9. The van der Waals surface area contributed by atoms with Crippen molar-refractivity contribution in [3.8, 4) is 0 Å². The summed E-state index contributed by atoms with van der Waals surface area (Å²) in [6, 6.07) is 13.8. The number of hydrogen-bond donors (Lipinski definition) is 2. The summed E-state index contributed by atoms with van der Waals surface area (Å²) in [5.41, 5.74) is 1.63. The van der Waals surface area contributed by atoms with E-state index >= 15 is 0 Å². The van der Waals surface area contributed by atoms with Crippen LogP contribution in [0.3, 0.4) is 0 Å². The number of hydrogen-bond acceptors (Lipinski definition) is 2. The van der Waals surface area contributed by atoms with E-state index in [1.807, 2.05) is 6.07 Å². The second kappa shape index (κ2) is 5.27. The summed E-state index contributed by atoms with van der Waals surface area (Å²) in [5, 5.41) is 11.6. The zero-order chi connectivity index (χ0) is 13.0. The van der Waals surface area contributed by atoms with E-state index in [1.165, 1.54) is 6.07 Å². The van der Waals surface area contributed by atoms with E-state index in [0.29, 0.717) is 16.8 Å². The molecule has 0 unspecified atom stereocenters. The molecular formula is C14H13NO2. The number of rotatable bonds is 3. The number of carbonyl (C=O) groups excluding carboxylic acids is 1. The van der Waals surface area contributed by atoms with Gasteiger partial charge < -0.3 is 10.4 Å². The van der Waals surface area contributed by atoms with Gasteiger partial charge in [-0.1, -0.05) is 30.3 Å². The fourth-order valence-electron chi connectivity index (χ4n) is 1.42. The van der Waals surface area contributed by atoms with Crippen molar-refractivity contribution in [3.63, 3.8) is 0 Å². The Morgan fingerprint density at radius 2 is 1.94 bits per heavy atom. The van der Waals surface area contributed by atoms with Gasteiger partial charge in [0.1, 0.15) is 0 Å². The zero-order valence-electron chi connectivity index (χ0n) is 10.2. The first-order valence-corrected chi connectivity index (χ1v) is 5.27. The number of nitrogens with one attached hydrogen (secondary N) is 1. The molecule has 3 nitrogen and oxygen atoms in total. The lowest BCUT2D eigenvalue weighted by Gasteiger charge is -2.05. The summed E-state index contributed by atoms with van der Waals surface area (Å²) in [7, 11) is 0. The van der Waals surface area contributed by atoms with Crippen LogP contribution in [0.5, 0.6) is 0 Å². The Labute approximate surface area is 101 Å². The molecule has 0 aliphatic rings. The molecule has 0 bridgehead atoms. The highest BCUT2D eigenvalue weighted by molar-refractivity contribution is 6.04. The van der Waals surface area contributed by atoms with E-state index in [2.05, 4.69) is 5.32 Å². The topological polar surface area (TPSA) is 49.3 Å². The van der Waals surface area contributed by atoms with E-state index in [9.17, 15) is 4.79 Å². The highest BCUT2D eigenvalue weighted by Crippen LogP contribution is 2.11. The van der Waals surface area contributed by atoms with E-state index in [0.717, 1.165) is 0 Å². The van der Waals surface area contributed by atoms with Crippen LogP contribution in [-0.2, 0) is 6.61 Å². The van der Waals surface area contributed by atoms with E-state index in [1.54, 1.807) is 36.4 Å². The number of anilines is 1. The number of aliphatic hydroxyl groups is 1. The standard InChI is InChI=1S/C14H13NO2/c16-10-11-6-8-13(9-7-11)15-14(17)12-4-2-1-3-5-12/h1-9,16H,10H2,(H,15,17)/i8D. The molecule has 0 heterocycles. The zero-order valence-corrected chi connectivity index (χ0v) is 9.18. The van der Waals surface area contributed by atoms with Crippen LogP contribution in [0.1, 0.15) is 17.3 Å². The van der Waals surface area contributed by atoms with Crippen molar-refractivity contribution >= 4 is 11.6 Å². The molecule has 0 fully saturated rings. The van der Waals surface area contributed by atoms with Crippen LogP contribution in [-0.4, -0.2) is 11.0 Å². The van der Waals surface area contributed by atoms with Gasteiger partial charge in [-0.3, -0.25) is 4.79 Å². The van der Waals surface area contributed by atoms with E-state index < -0.39 is 0 Å². The summed E-state index contributed by atoms with van der Waals surface area (Å²) < 4.78 is 7.74. The van der Waals surface area contributed by atoms with Gasteiger partial charge in [-0.2, -0.15) is 0 Å². The van der Waals surface area contributed by atoms with E-state index in [4.69, 9.17) is 6.48 Å². The molecule has 17 heavy (non-hydrogen) atoms. The normalized spacial score (nSPS) is 10.8. The summed E-state index contributed by atoms with van der Waals surface area (Å²) in [6.45, 7) is -0.112. The minimum atomic E-state index is -0.249.